The topological polar surface area (TPSA) is 90.9 Å². The first-order valence-corrected chi connectivity index (χ1v) is 15.3. The third-order valence-corrected chi connectivity index (χ3v) is 7.90. The second-order valence-corrected chi connectivity index (χ2v) is 11.4. The molecule has 2 aromatic heterocycles. The molecule has 1 N–H and O–H groups in total. The van der Waals surface area contributed by atoms with Gasteiger partial charge in [0.1, 0.15) is 5.75 Å². The second kappa shape index (κ2) is 15.1. The van der Waals surface area contributed by atoms with Crippen LogP contribution in [-0.2, 0) is 17.9 Å². The first-order chi connectivity index (χ1) is 22.3. The van der Waals surface area contributed by atoms with Crippen molar-refractivity contribution in [2.75, 3.05) is 56.0 Å². The van der Waals surface area contributed by atoms with Gasteiger partial charge in [-0.25, -0.2) is 0 Å². The standard InChI is InChI=1S/C37H40N6O3/c1-27(44)28-11-12-30-22-34(15-13-29(30)21-28)42(3)26-37(45)40-31-14-16-35(36(23-31)46-4)41(2)19-20-43(24-32-9-5-7-17-38-32)25-33-10-6-8-18-39-33/h5-18,21-23H,19-20,24-26H2,1-4H3,(H,40,45). The summed E-state index contributed by atoms with van der Waals surface area (Å²) in [5.74, 6) is 0.572. The molecule has 9 heteroatoms. The molecule has 0 spiro atoms. The van der Waals surface area contributed by atoms with Crippen molar-refractivity contribution >= 4 is 39.5 Å². The average molecular weight is 617 g/mol. The van der Waals surface area contributed by atoms with E-state index in [1.807, 2.05) is 122 Å². The molecular formula is C37H40N6O3. The van der Waals surface area contributed by atoms with Gasteiger partial charge in [-0.15, -0.1) is 0 Å². The number of nitrogens with zero attached hydrogens (tertiary/aromatic N) is 5. The van der Waals surface area contributed by atoms with Crippen molar-refractivity contribution in [1.29, 1.82) is 0 Å². The van der Waals surface area contributed by atoms with Crippen LogP contribution in [0.1, 0.15) is 28.7 Å². The number of ether oxygens (including phenoxy) is 1. The Morgan fingerprint density at radius 3 is 2.07 bits per heavy atom. The van der Waals surface area contributed by atoms with Crippen LogP contribution < -0.4 is 19.9 Å². The van der Waals surface area contributed by atoms with E-state index >= 15 is 0 Å². The highest BCUT2D eigenvalue weighted by molar-refractivity contribution is 5.99. The van der Waals surface area contributed by atoms with Crippen LogP contribution in [0.25, 0.3) is 10.8 Å². The number of amides is 1. The highest BCUT2D eigenvalue weighted by Gasteiger charge is 2.15. The van der Waals surface area contributed by atoms with Crippen LogP contribution in [0.3, 0.4) is 0 Å². The lowest BCUT2D eigenvalue weighted by Gasteiger charge is -2.27. The van der Waals surface area contributed by atoms with Gasteiger partial charge in [0.05, 0.1) is 30.7 Å². The predicted octanol–water partition coefficient (Wildman–Crippen LogP) is 6.05. The van der Waals surface area contributed by atoms with Crippen molar-refractivity contribution < 1.29 is 14.3 Å². The van der Waals surface area contributed by atoms with E-state index in [0.717, 1.165) is 46.6 Å². The number of methoxy groups -OCH3 is 1. The van der Waals surface area contributed by atoms with E-state index in [2.05, 4.69) is 25.1 Å². The number of rotatable bonds is 14. The van der Waals surface area contributed by atoms with E-state index in [9.17, 15) is 9.59 Å². The van der Waals surface area contributed by atoms with Gasteiger partial charge in [0, 0.05) is 75.7 Å². The van der Waals surface area contributed by atoms with Crippen molar-refractivity contribution in [2.24, 2.45) is 0 Å². The zero-order chi connectivity index (χ0) is 32.5. The molecule has 236 valence electrons. The first kappa shape index (κ1) is 32.1. The number of benzene rings is 3. The summed E-state index contributed by atoms with van der Waals surface area (Å²) in [7, 11) is 5.56. The molecule has 5 rings (SSSR count). The maximum atomic E-state index is 13.0. The van der Waals surface area contributed by atoms with Crippen LogP contribution in [0.5, 0.6) is 5.75 Å². The number of Topliss-reactive ketones (excluding diaryl/α,β-unsaturated/α-hetero) is 1. The molecule has 0 radical (unpaired) electrons. The highest BCUT2D eigenvalue weighted by Crippen LogP contribution is 2.31. The SMILES string of the molecule is COc1cc(NC(=O)CN(C)c2ccc3cc(C(C)=O)ccc3c2)ccc1N(C)CCN(Cc1ccccn1)Cc1ccccn1. The molecule has 0 atom stereocenters. The summed E-state index contributed by atoms with van der Waals surface area (Å²) in [4.78, 5) is 40.2. The molecule has 9 nitrogen and oxygen atoms in total. The fraction of sp³-hybridized carbons (Fsp3) is 0.243. The van der Waals surface area contributed by atoms with Crippen molar-refractivity contribution in [3.63, 3.8) is 0 Å². The van der Waals surface area contributed by atoms with E-state index in [-0.39, 0.29) is 18.2 Å². The Kier molecular flexibility index (Phi) is 10.6. The van der Waals surface area contributed by atoms with Crippen molar-refractivity contribution in [1.82, 2.24) is 14.9 Å². The third-order valence-electron chi connectivity index (χ3n) is 7.90. The van der Waals surface area contributed by atoms with Crippen LogP contribution in [0.2, 0.25) is 0 Å². The lowest BCUT2D eigenvalue weighted by atomic mass is 10.0. The number of nitrogens with one attached hydrogen (secondary N) is 1. The Morgan fingerprint density at radius 2 is 1.43 bits per heavy atom. The van der Waals surface area contributed by atoms with Crippen LogP contribution in [0.15, 0.2) is 103 Å². The third kappa shape index (κ3) is 8.46. The molecule has 0 saturated heterocycles. The minimum atomic E-state index is -0.141. The van der Waals surface area contributed by atoms with E-state index in [0.29, 0.717) is 30.1 Å². The van der Waals surface area contributed by atoms with E-state index in [1.165, 1.54) is 0 Å². The molecule has 0 bridgehead atoms. The van der Waals surface area contributed by atoms with Gasteiger partial charge < -0.3 is 19.9 Å². The number of carbonyl (C=O) groups is 2. The molecule has 0 saturated carbocycles. The van der Waals surface area contributed by atoms with Gasteiger partial charge in [0.25, 0.3) is 0 Å². The lowest BCUT2D eigenvalue weighted by molar-refractivity contribution is -0.114. The van der Waals surface area contributed by atoms with Crippen molar-refractivity contribution in [3.8, 4) is 5.75 Å². The average Bonchev–Trinajstić information content (AvgIpc) is 3.07. The zero-order valence-electron chi connectivity index (χ0n) is 26.8. The minimum Gasteiger partial charge on any atom is -0.495 e. The summed E-state index contributed by atoms with van der Waals surface area (Å²) in [6.45, 7) is 4.68. The molecule has 0 aliphatic heterocycles. The predicted molar refractivity (Wildman–Crippen MR) is 185 cm³/mol. The summed E-state index contributed by atoms with van der Waals surface area (Å²) in [5, 5.41) is 5.00. The molecule has 2 heterocycles. The normalized spacial score (nSPS) is 11.0. The van der Waals surface area contributed by atoms with Crippen molar-refractivity contribution in [2.45, 2.75) is 20.0 Å². The van der Waals surface area contributed by atoms with Crippen LogP contribution in [0.4, 0.5) is 17.1 Å². The first-order valence-electron chi connectivity index (χ1n) is 15.3. The summed E-state index contributed by atoms with van der Waals surface area (Å²) >= 11 is 0. The number of anilines is 3. The van der Waals surface area contributed by atoms with Gasteiger partial charge in [0.15, 0.2) is 5.78 Å². The van der Waals surface area contributed by atoms with Crippen LogP contribution in [-0.4, -0.2) is 67.4 Å². The van der Waals surface area contributed by atoms with Gasteiger partial charge in [-0.05, 0) is 72.3 Å². The molecule has 0 unspecified atom stereocenters. The summed E-state index contributed by atoms with van der Waals surface area (Å²) in [6.07, 6.45) is 3.64. The molecule has 1 amide bonds. The monoisotopic (exact) mass is 616 g/mol. The van der Waals surface area contributed by atoms with Gasteiger partial charge in [-0.2, -0.15) is 0 Å². The lowest BCUT2D eigenvalue weighted by Crippen LogP contribution is -2.33. The number of pyridine rings is 2. The summed E-state index contributed by atoms with van der Waals surface area (Å²) in [6, 6.07) is 29.3. The molecule has 0 aliphatic carbocycles. The second-order valence-electron chi connectivity index (χ2n) is 11.4. The van der Waals surface area contributed by atoms with Gasteiger partial charge >= 0.3 is 0 Å². The molecule has 0 fully saturated rings. The Labute approximate surface area is 270 Å². The minimum absolute atomic E-state index is 0.0379. The molecule has 3 aromatic carbocycles. The van der Waals surface area contributed by atoms with E-state index in [1.54, 1.807) is 14.0 Å². The van der Waals surface area contributed by atoms with Crippen LogP contribution in [0, 0.1) is 0 Å². The van der Waals surface area contributed by atoms with Crippen LogP contribution >= 0.6 is 0 Å². The number of ketones is 1. The molecular weight excluding hydrogens is 576 g/mol. The Balaban J connectivity index is 1.20. The van der Waals surface area contributed by atoms with E-state index < -0.39 is 0 Å². The fourth-order valence-electron chi connectivity index (χ4n) is 5.33. The largest absolute Gasteiger partial charge is 0.495 e. The number of hydrogen-bond donors (Lipinski definition) is 1. The number of likely N-dealkylation sites (N-methyl/N-ethyl adjacent to an activating group) is 2. The zero-order valence-corrected chi connectivity index (χ0v) is 26.8. The number of hydrogen-bond acceptors (Lipinski definition) is 8. The maximum Gasteiger partial charge on any atom is 0.243 e. The Morgan fingerprint density at radius 1 is 0.761 bits per heavy atom. The van der Waals surface area contributed by atoms with Gasteiger partial charge in [-0.1, -0.05) is 30.3 Å². The summed E-state index contributed by atoms with van der Waals surface area (Å²) < 4.78 is 5.74. The maximum absolute atomic E-state index is 13.0. The summed E-state index contributed by atoms with van der Waals surface area (Å²) in [5.41, 5.74) is 5.20. The highest BCUT2D eigenvalue weighted by atomic mass is 16.5. The van der Waals surface area contributed by atoms with Gasteiger partial charge in [0.2, 0.25) is 5.91 Å². The number of fused-ring (bicyclic) bond motifs is 1. The Bertz CT molecular complexity index is 1740. The quantitative estimate of drug-likeness (QED) is 0.151. The molecule has 0 aliphatic rings. The van der Waals surface area contributed by atoms with Crippen molar-refractivity contribution in [3.05, 3.63) is 120 Å². The molecule has 5 aromatic rings. The van der Waals surface area contributed by atoms with E-state index in [4.69, 9.17) is 4.74 Å². The number of aromatic nitrogens is 2. The van der Waals surface area contributed by atoms with Gasteiger partial charge in [-0.3, -0.25) is 24.5 Å². The fourth-order valence-corrected chi connectivity index (χ4v) is 5.33. The number of carbonyl (C=O) groups excluding carboxylic acids is 2. The Hall–Kier alpha value is -5.28. The molecule has 46 heavy (non-hydrogen) atoms. The smallest absolute Gasteiger partial charge is 0.243 e.